The fourth-order valence-electron chi connectivity index (χ4n) is 3.00. The highest BCUT2D eigenvalue weighted by molar-refractivity contribution is 6.01. The molecule has 146 valence electrons. The van der Waals surface area contributed by atoms with Crippen molar-refractivity contribution in [1.82, 2.24) is 19.6 Å². The molecule has 0 saturated heterocycles. The van der Waals surface area contributed by atoms with Crippen LogP contribution in [-0.2, 0) is 17.9 Å². The molecule has 6 nitrogen and oxygen atoms in total. The summed E-state index contributed by atoms with van der Waals surface area (Å²) in [7, 11) is 0. The van der Waals surface area contributed by atoms with Crippen LogP contribution in [0, 0.1) is 6.92 Å². The second kappa shape index (κ2) is 8.69. The van der Waals surface area contributed by atoms with E-state index in [1.165, 1.54) is 11.6 Å². The Morgan fingerprint density at radius 3 is 2.57 bits per heavy atom. The molecule has 0 atom stereocenters. The van der Waals surface area contributed by atoms with E-state index in [1.54, 1.807) is 10.9 Å². The van der Waals surface area contributed by atoms with Crippen molar-refractivity contribution < 1.29 is 4.79 Å². The number of nitrogens with zero attached hydrogens (tertiary/aromatic N) is 4. The number of hydrogen-bond donors (Lipinski definition) is 1. The number of carbonyl (C=O) groups excluding carboxylic acids is 1. The molecule has 2 heterocycles. The molecule has 0 aliphatic rings. The van der Waals surface area contributed by atoms with Gasteiger partial charge in [-0.2, -0.15) is 10.2 Å². The van der Waals surface area contributed by atoms with Gasteiger partial charge in [0.15, 0.2) is 0 Å². The molecule has 0 fully saturated rings. The van der Waals surface area contributed by atoms with Crippen LogP contribution in [0.25, 0.3) is 6.08 Å². The van der Waals surface area contributed by atoms with Crippen molar-refractivity contribution in [3.8, 4) is 0 Å². The third kappa shape index (κ3) is 4.76. The van der Waals surface area contributed by atoms with Crippen LogP contribution in [0.1, 0.15) is 49.1 Å². The molecule has 1 aromatic carbocycles. The number of anilines is 1. The van der Waals surface area contributed by atoms with E-state index in [9.17, 15) is 4.79 Å². The molecule has 1 N–H and O–H groups in total. The Labute approximate surface area is 165 Å². The summed E-state index contributed by atoms with van der Waals surface area (Å²) in [6.45, 7) is 9.91. The molecule has 0 aliphatic heterocycles. The maximum atomic E-state index is 12.2. The Kier molecular flexibility index (Phi) is 6.09. The summed E-state index contributed by atoms with van der Waals surface area (Å²) >= 11 is 0. The van der Waals surface area contributed by atoms with E-state index in [4.69, 9.17) is 0 Å². The molecule has 0 bridgehead atoms. The van der Waals surface area contributed by atoms with Crippen molar-refractivity contribution in [1.29, 1.82) is 0 Å². The number of aromatic nitrogens is 4. The van der Waals surface area contributed by atoms with Gasteiger partial charge in [0, 0.05) is 30.1 Å². The fraction of sp³-hybridized carbons (Fsp3) is 0.318. The van der Waals surface area contributed by atoms with Crippen LogP contribution < -0.4 is 5.32 Å². The van der Waals surface area contributed by atoms with Crippen LogP contribution in [0.3, 0.4) is 0 Å². The predicted molar refractivity (Wildman–Crippen MR) is 112 cm³/mol. The first-order valence-electron chi connectivity index (χ1n) is 9.59. The molecular weight excluding hydrogens is 350 g/mol. The van der Waals surface area contributed by atoms with Crippen molar-refractivity contribution in [3.63, 3.8) is 0 Å². The Bertz CT molecular complexity index is 963. The predicted octanol–water partition coefficient (Wildman–Crippen LogP) is 4.23. The van der Waals surface area contributed by atoms with Gasteiger partial charge in [-0.1, -0.05) is 38.1 Å². The van der Waals surface area contributed by atoms with Gasteiger partial charge >= 0.3 is 0 Å². The number of benzene rings is 1. The van der Waals surface area contributed by atoms with Gasteiger partial charge in [0.2, 0.25) is 5.91 Å². The number of hydrogen-bond acceptors (Lipinski definition) is 3. The maximum absolute atomic E-state index is 12.2. The largest absolute Gasteiger partial charge is 0.320 e. The van der Waals surface area contributed by atoms with Gasteiger partial charge in [-0.15, -0.1) is 0 Å². The highest BCUT2D eigenvalue weighted by atomic mass is 16.1. The molecule has 0 spiro atoms. The van der Waals surface area contributed by atoms with E-state index in [0.29, 0.717) is 18.2 Å². The first-order valence-corrected chi connectivity index (χ1v) is 9.59. The minimum Gasteiger partial charge on any atom is -0.320 e. The maximum Gasteiger partial charge on any atom is 0.248 e. The van der Waals surface area contributed by atoms with Gasteiger partial charge in [-0.3, -0.25) is 14.2 Å². The zero-order valence-electron chi connectivity index (χ0n) is 16.9. The van der Waals surface area contributed by atoms with E-state index in [1.807, 2.05) is 35.3 Å². The topological polar surface area (TPSA) is 64.7 Å². The van der Waals surface area contributed by atoms with Crippen LogP contribution in [-0.4, -0.2) is 25.5 Å². The molecule has 28 heavy (non-hydrogen) atoms. The van der Waals surface area contributed by atoms with Crippen LogP contribution in [0.15, 0.2) is 48.9 Å². The van der Waals surface area contributed by atoms with Gasteiger partial charge in [0.25, 0.3) is 0 Å². The minimum atomic E-state index is -0.178. The summed E-state index contributed by atoms with van der Waals surface area (Å²) in [5.74, 6) is 0.320. The number of rotatable bonds is 7. The van der Waals surface area contributed by atoms with Gasteiger partial charge in [0.1, 0.15) is 0 Å². The fourth-order valence-corrected chi connectivity index (χ4v) is 3.00. The molecule has 2 aromatic heterocycles. The Morgan fingerprint density at radius 2 is 1.93 bits per heavy atom. The van der Waals surface area contributed by atoms with Crippen molar-refractivity contribution in [2.45, 2.75) is 46.7 Å². The molecule has 0 saturated carbocycles. The lowest BCUT2D eigenvalue weighted by Gasteiger charge is -2.04. The SMILES string of the molecule is CCn1ncc(Cn2cc(NC(=O)/C=C/c3ccc(C(C)C)cc3)cn2)c1C. The van der Waals surface area contributed by atoms with Gasteiger partial charge < -0.3 is 5.32 Å². The van der Waals surface area contributed by atoms with Crippen LogP contribution in [0.5, 0.6) is 0 Å². The lowest BCUT2D eigenvalue weighted by molar-refractivity contribution is -0.111. The summed E-state index contributed by atoms with van der Waals surface area (Å²) < 4.78 is 3.76. The van der Waals surface area contributed by atoms with Gasteiger partial charge in [0.05, 0.1) is 24.6 Å². The second-order valence-corrected chi connectivity index (χ2v) is 7.14. The molecule has 3 aromatic rings. The van der Waals surface area contributed by atoms with E-state index in [2.05, 4.69) is 55.3 Å². The number of amides is 1. The Hall–Kier alpha value is -3.15. The van der Waals surface area contributed by atoms with Crippen molar-refractivity contribution in [2.75, 3.05) is 5.32 Å². The zero-order chi connectivity index (χ0) is 20.1. The van der Waals surface area contributed by atoms with Crippen molar-refractivity contribution in [3.05, 3.63) is 71.3 Å². The van der Waals surface area contributed by atoms with Crippen LogP contribution >= 0.6 is 0 Å². The molecular formula is C22H27N5O. The summed E-state index contributed by atoms with van der Waals surface area (Å²) in [5.41, 5.74) is 5.21. The second-order valence-electron chi connectivity index (χ2n) is 7.14. The van der Waals surface area contributed by atoms with E-state index in [-0.39, 0.29) is 5.91 Å². The highest BCUT2D eigenvalue weighted by Crippen LogP contribution is 2.15. The molecule has 3 rings (SSSR count). The standard InChI is InChI=1S/C22H27N5O/c1-5-27-17(4)20(12-24-27)14-26-15-21(13-23-26)25-22(28)11-8-18-6-9-19(10-7-18)16(2)3/h6-13,15-16H,5,14H2,1-4H3,(H,25,28)/b11-8+. The van der Waals surface area contributed by atoms with Crippen molar-refractivity contribution >= 4 is 17.7 Å². The summed E-state index contributed by atoms with van der Waals surface area (Å²) in [6, 6.07) is 8.23. The van der Waals surface area contributed by atoms with E-state index < -0.39 is 0 Å². The molecule has 6 heteroatoms. The van der Waals surface area contributed by atoms with E-state index in [0.717, 1.165) is 23.4 Å². The number of carbonyl (C=O) groups is 1. The summed E-state index contributed by atoms with van der Waals surface area (Å²) in [4.78, 5) is 12.2. The minimum absolute atomic E-state index is 0.178. The quantitative estimate of drug-likeness (QED) is 0.627. The van der Waals surface area contributed by atoms with Crippen molar-refractivity contribution in [2.24, 2.45) is 0 Å². The Morgan fingerprint density at radius 1 is 1.18 bits per heavy atom. The third-order valence-electron chi connectivity index (χ3n) is 4.77. The van der Waals surface area contributed by atoms with Crippen LogP contribution in [0.4, 0.5) is 5.69 Å². The smallest absolute Gasteiger partial charge is 0.248 e. The highest BCUT2D eigenvalue weighted by Gasteiger charge is 2.08. The Balaban J connectivity index is 1.58. The zero-order valence-corrected chi connectivity index (χ0v) is 16.9. The first kappa shape index (κ1) is 19.6. The first-order chi connectivity index (χ1) is 13.5. The lowest BCUT2D eigenvalue weighted by atomic mass is 10.0. The third-order valence-corrected chi connectivity index (χ3v) is 4.77. The van der Waals surface area contributed by atoms with E-state index >= 15 is 0 Å². The average Bonchev–Trinajstić information content (AvgIpc) is 3.27. The normalized spacial score (nSPS) is 11.5. The van der Waals surface area contributed by atoms with Gasteiger partial charge in [-0.25, -0.2) is 0 Å². The lowest BCUT2D eigenvalue weighted by Crippen LogP contribution is -2.07. The van der Waals surface area contributed by atoms with Crippen LogP contribution in [0.2, 0.25) is 0 Å². The average molecular weight is 377 g/mol. The monoisotopic (exact) mass is 377 g/mol. The molecule has 0 radical (unpaired) electrons. The number of nitrogens with one attached hydrogen (secondary N) is 1. The summed E-state index contributed by atoms with van der Waals surface area (Å²) in [6.07, 6.45) is 8.70. The molecule has 1 amide bonds. The summed E-state index contributed by atoms with van der Waals surface area (Å²) in [5, 5.41) is 11.5. The number of aryl methyl sites for hydroxylation is 1. The van der Waals surface area contributed by atoms with Gasteiger partial charge in [-0.05, 0) is 37.0 Å². The molecule has 0 aliphatic carbocycles. The molecule has 0 unspecified atom stereocenters.